The molecule has 3 N–H and O–H groups in total. The number of nitrogens with one attached hydrogen (secondary N) is 1. The number of hydrogen-bond donors (Lipinski definition) is 2. The smallest absolute Gasteiger partial charge is 0.239 e. The lowest BCUT2D eigenvalue weighted by atomic mass is 10.2. The molecule has 1 aromatic rings. The number of nitrogen functional groups attached to an aromatic ring is 1. The zero-order chi connectivity index (χ0) is 12.8. The first-order chi connectivity index (χ1) is 8.06. The summed E-state index contributed by atoms with van der Waals surface area (Å²) in [4.78, 5) is 13.2. The van der Waals surface area contributed by atoms with Crippen molar-refractivity contribution in [3.8, 4) is 0 Å². The summed E-state index contributed by atoms with van der Waals surface area (Å²) in [5, 5.41) is 2.70. The number of amides is 1. The maximum absolute atomic E-state index is 13.2. The standard InChI is InChI=1S/C12H18FN3O/c1-3-15-12(17)8-16(4-2)11-6-9(13)5-10(14)7-11/h5-7H,3-4,8,14H2,1-2H3,(H,15,17). The minimum Gasteiger partial charge on any atom is -0.399 e. The van der Waals surface area contributed by atoms with Gasteiger partial charge in [-0.3, -0.25) is 4.79 Å². The van der Waals surface area contributed by atoms with E-state index in [9.17, 15) is 9.18 Å². The van der Waals surface area contributed by atoms with Gasteiger partial charge in [-0.25, -0.2) is 4.39 Å². The van der Waals surface area contributed by atoms with Gasteiger partial charge in [-0.15, -0.1) is 0 Å². The van der Waals surface area contributed by atoms with Crippen molar-refractivity contribution >= 4 is 17.3 Å². The molecule has 1 amide bonds. The van der Waals surface area contributed by atoms with Gasteiger partial charge in [0.2, 0.25) is 5.91 Å². The Morgan fingerprint density at radius 3 is 2.65 bits per heavy atom. The van der Waals surface area contributed by atoms with Gasteiger partial charge in [-0.1, -0.05) is 0 Å². The number of rotatable bonds is 5. The van der Waals surface area contributed by atoms with E-state index in [2.05, 4.69) is 5.32 Å². The van der Waals surface area contributed by atoms with E-state index in [0.717, 1.165) is 0 Å². The Morgan fingerprint density at radius 1 is 1.41 bits per heavy atom. The van der Waals surface area contributed by atoms with Crippen molar-refractivity contribution in [3.63, 3.8) is 0 Å². The van der Waals surface area contributed by atoms with Crippen molar-refractivity contribution < 1.29 is 9.18 Å². The molecule has 0 aliphatic carbocycles. The molecule has 1 rings (SSSR count). The number of anilines is 2. The van der Waals surface area contributed by atoms with E-state index in [4.69, 9.17) is 5.73 Å². The van der Waals surface area contributed by atoms with Gasteiger partial charge in [0.15, 0.2) is 0 Å². The first kappa shape index (κ1) is 13.3. The number of benzene rings is 1. The van der Waals surface area contributed by atoms with E-state index >= 15 is 0 Å². The molecule has 0 saturated heterocycles. The lowest BCUT2D eigenvalue weighted by molar-refractivity contribution is -0.119. The normalized spacial score (nSPS) is 10.1. The first-order valence-corrected chi connectivity index (χ1v) is 5.64. The highest BCUT2D eigenvalue weighted by Gasteiger charge is 2.10. The fourth-order valence-corrected chi connectivity index (χ4v) is 1.59. The molecule has 0 aliphatic rings. The second-order valence-electron chi connectivity index (χ2n) is 3.71. The highest BCUT2D eigenvalue weighted by molar-refractivity contribution is 5.81. The number of likely N-dealkylation sites (N-methyl/N-ethyl adjacent to an activating group) is 2. The summed E-state index contributed by atoms with van der Waals surface area (Å²) >= 11 is 0. The Hall–Kier alpha value is -1.78. The largest absolute Gasteiger partial charge is 0.399 e. The molecular formula is C12H18FN3O. The highest BCUT2D eigenvalue weighted by Crippen LogP contribution is 2.19. The van der Waals surface area contributed by atoms with Crippen LogP contribution in [0, 0.1) is 5.82 Å². The molecule has 5 heteroatoms. The van der Waals surface area contributed by atoms with Gasteiger partial charge in [0.05, 0.1) is 6.54 Å². The molecule has 0 radical (unpaired) electrons. The van der Waals surface area contributed by atoms with Gasteiger partial charge < -0.3 is 16.0 Å². The van der Waals surface area contributed by atoms with E-state index in [0.29, 0.717) is 24.5 Å². The summed E-state index contributed by atoms with van der Waals surface area (Å²) in [7, 11) is 0. The highest BCUT2D eigenvalue weighted by atomic mass is 19.1. The number of carbonyl (C=O) groups excluding carboxylic acids is 1. The van der Waals surface area contributed by atoms with Gasteiger partial charge in [0.25, 0.3) is 0 Å². The minimum atomic E-state index is -0.394. The Kier molecular flexibility index (Phi) is 4.75. The van der Waals surface area contributed by atoms with Gasteiger partial charge in [0.1, 0.15) is 5.82 Å². The van der Waals surface area contributed by atoms with Gasteiger partial charge in [-0.05, 0) is 32.0 Å². The summed E-state index contributed by atoms with van der Waals surface area (Å²) in [5.41, 5.74) is 6.55. The topological polar surface area (TPSA) is 58.4 Å². The summed E-state index contributed by atoms with van der Waals surface area (Å²) < 4.78 is 13.2. The summed E-state index contributed by atoms with van der Waals surface area (Å²) in [6, 6.07) is 4.29. The zero-order valence-electron chi connectivity index (χ0n) is 10.2. The molecule has 0 aliphatic heterocycles. The molecule has 0 fully saturated rings. The van der Waals surface area contributed by atoms with E-state index in [1.807, 2.05) is 13.8 Å². The second kappa shape index (κ2) is 6.08. The van der Waals surface area contributed by atoms with Crippen LogP contribution in [0.25, 0.3) is 0 Å². The Morgan fingerprint density at radius 2 is 2.12 bits per heavy atom. The molecule has 94 valence electrons. The predicted octanol–water partition coefficient (Wildman–Crippen LogP) is 1.37. The fraction of sp³-hybridized carbons (Fsp3) is 0.417. The number of carbonyl (C=O) groups is 1. The van der Waals surface area contributed by atoms with E-state index < -0.39 is 5.82 Å². The third-order valence-corrected chi connectivity index (χ3v) is 2.36. The van der Waals surface area contributed by atoms with Crippen LogP contribution in [0.2, 0.25) is 0 Å². The van der Waals surface area contributed by atoms with Gasteiger partial charge in [-0.2, -0.15) is 0 Å². The van der Waals surface area contributed by atoms with Crippen LogP contribution < -0.4 is 16.0 Å². The zero-order valence-corrected chi connectivity index (χ0v) is 10.2. The summed E-state index contributed by atoms with van der Waals surface area (Å²) in [6.07, 6.45) is 0. The van der Waals surface area contributed by atoms with Gasteiger partial charge >= 0.3 is 0 Å². The van der Waals surface area contributed by atoms with Crippen molar-refractivity contribution in [3.05, 3.63) is 24.0 Å². The predicted molar refractivity (Wildman–Crippen MR) is 67.4 cm³/mol. The Bertz CT molecular complexity index is 375. The van der Waals surface area contributed by atoms with Crippen molar-refractivity contribution in [1.29, 1.82) is 0 Å². The average Bonchev–Trinajstić information content (AvgIpc) is 2.24. The molecule has 0 heterocycles. The van der Waals surface area contributed by atoms with Crippen molar-refractivity contribution in [2.24, 2.45) is 0 Å². The maximum Gasteiger partial charge on any atom is 0.239 e. The number of nitrogens with zero attached hydrogens (tertiary/aromatic N) is 1. The number of halogens is 1. The van der Waals surface area contributed by atoms with Crippen LogP contribution in [0.1, 0.15) is 13.8 Å². The summed E-state index contributed by atoms with van der Waals surface area (Å²) in [5.74, 6) is -0.480. The number of nitrogens with two attached hydrogens (primary N) is 1. The van der Waals surface area contributed by atoms with E-state index in [-0.39, 0.29) is 12.5 Å². The third kappa shape index (κ3) is 3.94. The fourth-order valence-electron chi connectivity index (χ4n) is 1.59. The van der Waals surface area contributed by atoms with Crippen LogP contribution in [0.15, 0.2) is 18.2 Å². The molecule has 0 unspecified atom stereocenters. The molecule has 1 aromatic carbocycles. The minimum absolute atomic E-state index is 0.0859. The Labute approximate surface area is 101 Å². The molecule has 4 nitrogen and oxygen atoms in total. The monoisotopic (exact) mass is 239 g/mol. The van der Waals surface area contributed by atoms with Crippen molar-refractivity contribution in [1.82, 2.24) is 5.32 Å². The lowest BCUT2D eigenvalue weighted by Crippen LogP contribution is -2.37. The maximum atomic E-state index is 13.2. The quantitative estimate of drug-likeness (QED) is 0.763. The first-order valence-electron chi connectivity index (χ1n) is 5.64. The van der Waals surface area contributed by atoms with Crippen LogP contribution in [0.5, 0.6) is 0 Å². The number of hydrogen-bond acceptors (Lipinski definition) is 3. The molecule has 17 heavy (non-hydrogen) atoms. The third-order valence-electron chi connectivity index (χ3n) is 2.36. The van der Waals surface area contributed by atoms with Crippen LogP contribution in [-0.4, -0.2) is 25.5 Å². The summed E-state index contributed by atoms with van der Waals surface area (Å²) in [6.45, 7) is 5.16. The van der Waals surface area contributed by atoms with Crippen molar-refractivity contribution in [2.45, 2.75) is 13.8 Å². The molecule has 0 atom stereocenters. The van der Waals surface area contributed by atoms with Crippen LogP contribution in [-0.2, 0) is 4.79 Å². The van der Waals surface area contributed by atoms with E-state index in [1.54, 1.807) is 11.0 Å². The lowest BCUT2D eigenvalue weighted by Gasteiger charge is -2.22. The SMILES string of the molecule is CCNC(=O)CN(CC)c1cc(N)cc(F)c1. The Balaban J connectivity index is 2.82. The molecule has 0 saturated carbocycles. The second-order valence-corrected chi connectivity index (χ2v) is 3.71. The molecular weight excluding hydrogens is 221 g/mol. The van der Waals surface area contributed by atoms with E-state index in [1.165, 1.54) is 12.1 Å². The van der Waals surface area contributed by atoms with Gasteiger partial charge in [0, 0.05) is 24.5 Å². The van der Waals surface area contributed by atoms with Crippen LogP contribution in [0.4, 0.5) is 15.8 Å². The van der Waals surface area contributed by atoms with Crippen LogP contribution >= 0.6 is 0 Å². The van der Waals surface area contributed by atoms with Crippen molar-refractivity contribution in [2.75, 3.05) is 30.3 Å². The molecule has 0 aromatic heterocycles. The average molecular weight is 239 g/mol. The molecule has 0 spiro atoms. The molecule has 0 bridgehead atoms. The van der Waals surface area contributed by atoms with Crippen LogP contribution in [0.3, 0.4) is 0 Å².